The normalized spacial score (nSPS) is 10.0. The SMILES string of the molecule is CCCN(C)C(=O)COc1ccc(F)cc1C(=O)OC. The second-order valence-electron chi connectivity index (χ2n) is 4.24. The number of amides is 1. The number of benzene rings is 1. The largest absolute Gasteiger partial charge is 0.483 e. The highest BCUT2D eigenvalue weighted by Crippen LogP contribution is 2.20. The van der Waals surface area contributed by atoms with Crippen molar-refractivity contribution >= 4 is 11.9 Å². The molecule has 0 radical (unpaired) electrons. The number of nitrogens with zero attached hydrogens (tertiary/aromatic N) is 1. The molecule has 1 aromatic carbocycles. The molecule has 0 spiro atoms. The number of halogens is 1. The standard InChI is InChI=1S/C14H18FNO4/c1-4-7-16(2)13(17)9-20-12-6-5-10(15)8-11(12)14(18)19-3/h5-6,8H,4,7,9H2,1-3H3. The van der Waals surface area contributed by atoms with Gasteiger partial charge < -0.3 is 14.4 Å². The fraction of sp³-hybridized carbons (Fsp3) is 0.429. The van der Waals surface area contributed by atoms with E-state index in [1.54, 1.807) is 7.05 Å². The summed E-state index contributed by atoms with van der Waals surface area (Å²) in [4.78, 5) is 24.8. The molecule has 1 rings (SSSR count). The molecule has 6 heteroatoms. The van der Waals surface area contributed by atoms with Gasteiger partial charge in [0, 0.05) is 13.6 Å². The molecular weight excluding hydrogens is 265 g/mol. The minimum Gasteiger partial charge on any atom is -0.483 e. The first-order valence-corrected chi connectivity index (χ1v) is 6.24. The lowest BCUT2D eigenvalue weighted by Crippen LogP contribution is -2.32. The van der Waals surface area contributed by atoms with Gasteiger partial charge in [0.05, 0.1) is 7.11 Å². The van der Waals surface area contributed by atoms with Crippen LogP contribution in [0.4, 0.5) is 4.39 Å². The molecule has 1 aromatic rings. The molecule has 1 amide bonds. The van der Waals surface area contributed by atoms with Crippen molar-refractivity contribution in [2.24, 2.45) is 0 Å². The van der Waals surface area contributed by atoms with Crippen LogP contribution in [0.1, 0.15) is 23.7 Å². The third kappa shape index (κ3) is 4.22. The molecule has 0 aliphatic carbocycles. The second kappa shape index (κ2) is 7.47. The summed E-state index contributed by atoms with van der Waals surface area (Å²) in [7, 11) is 2.86. The predicted molar refractivity (Wildman–Crippen MR) is 71.2 cm³/mol. The van der Waals surface area contributed by atoms with E-state index in [4.69, 9.17) is 4.74 Å². The molecular formula is C14H18FNO4. The Hall–Kier alpha value is -2.11. The van der Waals surface area contributed by atoms with Gasteiger partial charge in [0.15, 0.2) is 6.61 Å². The van der Waals surface area contributed by atoms with Gasteiger partial charge in [-0.3, -0.25) is 4.79 Å². The summed E-state index contributed by atoms with van der Waals surface area (Å²) >= 11 is 0. The van der Waals surface area contributed by atoms with Crippen molar-refractivity contribution in [2.45, 2.75) is 13.3 Å². The monoisotopic (exact) mass is 283 g/mol. The van der Waals surface area contributed by atoms with E-state index in [0.717, 1.165) is 18.6 Å². The third-order valence-electron chi connectivity index (χ3n) is 2.68. The van der Waals surface area contributed by atoms with E-state index in [9.17, 15) is 14.0 Å². The zero-order valence-corrected chi connectivity index (χ0v) is 11.8. The molecule has 0 N–H and O–H groups in total. The van der Waals surface area contributed by atoms with Crippen molar-refractivity contribution < 1.29 is 23.5 Å². The molecule has 5 nitrogen and oxygen atoms in total. The van der Waals surface area contributed by atoms with E-state index in [-0.39, 0.29) is 23.8 Å². The lowest BCUT2D eigenvalue weighted by atomic mass is 10.2. The Bertz CT molecular complexity index is 490. The molecule has 20 heavy (non-hydrogen) atoms. The van der Waals surface area contributed by atoms with Crippen molar-refractivity contribution in [3.63, 3.8) is 0 Å². The Kier molecular flexibility index (Phi) is 5.96. The summed E-state index contributed by atoms with van der Waals surface area (Å²) in [5.74, 6) is -1.38. The molecule has 0 aliphatic rings. The molecule has 0 aliphatic heterocycles. The van der Waals surface area contributed by atoms with Crippen LogP contribution >= 0.6 is 0 Å². The van der Waals surface area contributed by atoms with E-state index in [1.807, 2.05) is 6.92 Å². The number of carbonyl (C=O) groups excluding carboxylic acids is 2. The first-order valence-electron chi connectivity index (χ1n) is 6.24. The van der Waals surface area contributed by atoms with Gasteiger partial charge in [-0.2, -0.15) is 0 Å². The van der Waals surface area contributed by atoms with Crippen LogP contribution in [0.15, 0.2) is 18.2 Å². The molecule has 0 unspecified atom stereocenters. The Morgan fingerprint density at radius 2 is 2.05 bits per heavy atom. The van der Waals surface area contributed by atoms with Gasteiger partial charge in [-0.15, -0.1) is 0 Å². The van der Waals surface area contributed by atoms with Crippen LogP contribution in [0.5, 0.6) is 5.75 Å². The van der Waals surface area contributed by atoms with Crippen LogP contribution in [-0.4, -0.2) is 44.1 Å². The molecule has 110 valence electrons. The van der Waals surface area contributed by atoms with Gasteiger partial charge in [-0.05, 0) is 24.6 Å². The number of hydrogen-bond donors (Lipinski definition) is 0. The number of hydrogen-bond acceptors (Lipinski definition) is 4. The first kappa shape index (κ1) is 15.9. The van der Waals surface area contributed by atoms with Crippen molar-refractivity contribution in [1.29, 1.82) is 0 Å². The summed E-state index contributed by atoms with van der Waals surface area (Å²) in [6.45, 7) is 2.36. The van der Waals surface area contributed by atoms with Gasteiger partial charge in [0.2, 0.25) is 0 Å². The quantitative estimate of drug-likeness (QED) is 0.748. The van der Waals surface area contributed by atoms with E-state index < -0.39 is 11.8 Å². The fourth-order valence-electron chi connectivity index (χ4n) is 1.61. The van der Waals surface area contributed by atoms with Crippen molar-refractivity contribution in [3.05, 3.63) is 29.6 Å². The highest BCUT2D eigenvalue weighted by molar-refractivity contribution is 5.92. The zero-order chi connectivity index (χ0) is 15.1. The molecule has 0 saturated carbocycles. The Morgan fingerprint density at radius 1 is 1.35 bits per heavy atom. The fourth-order valence-corrected chi connectivity index (χ4v) is 1.61. The zero-order valence-electron chi connectivity index (χ0n) is 11.8. The van der Waals surface area contributed by atoms with Crippen LogP contribution in [0, 0.1) is 5.82 Å². The van der Waals surface area contributed by atoms with Crippen LogP contribution in [0.2, 0.25) is 0 Å². The molecule has 0 atom stereocenters. The number of ether oxygens (including phenoxy) is 2. The smallest absolute Gasteiger partial charge is 0.341 e. The van der Waals surface area contributed by atoms with Crippen molar-refractivity contribution in [1.82, 2.24) is 4.90 Å². The maximum absolute atomic E-state index is 13.1. The Morgan fingerprint density at radius 3 is 2.65 bits per heavy atom. The summed E-state index contributed by atoms with van der Waals surface area (Å²) in [5.41, 5.74) is -0.0431. The maximum Gasteiger partial charge on any atom is 0.341 e. The van der Waals surface area contributed by atoms with Crippen LogP contribution < -0.4 is 4.74 Å². The number of methoxy groups -OCH3 is 1. The molecule has 0 aromatic heterocycles. The Labute approximate surface area is 117 Å². The van der Waals surface area contributed by atoms with E-state index in [1.165, 1.54) is 18.1 Å². The molecule has 0 heterocycles. The molecule has 0 saturated heterocycles. The maximum atomic E-state index is 13.1. The highest BCUT2D eigenvalue weighted by Gasteiger charge is 2.16. The molecule has 0 fully saturated rings. The van der Waals surface area contributed by atoms with Crippen molar-refractivity contribution in [2.75, 3.05) is 27.3 Å². The Balaban J connectivity index is 2.77. The third-order valence-corrected chi connectivity index (χ3v) is 2.68. The van der Waals surface area contributed by atoms with E-state index in [0.29, 0.717) is 6.54 Å². The van der Waals surface area contributed by atoms with E-state index >= 15 is 0 Å². The number of carbonyl (C=O) groups is 2. The molecule has 0 bridgehead atoms. The van der Waals surface area contributed by atoms with Crippen LogP contribution in [0.25, 0.3) is 0 Å². The van der Waals surface area contributed by atoms with E-state index in [2.05, 4.69) is 4.74 Å². The number of likely N-dealkylation sites (N-methyl/N-ethyl adjacent to an activating group) is 1. The summed E-state index contributed by atoms with van der Waals surface area (Å²) in [6.07, 6.45) is 0.839. The highest BCUT2D eigenvalue weighted by atomic mass is 19.1. The van der Waals surface area contributed by atoms with Gasteiger partial charge in [-0.25, -0.2) is 9.18 Å². The van der Waals surface area contributed by atoms with Crippen LogP contribution in [-0.2, 0) is 9.53 Å². The van der Waals surface area contributed by atoms with Gasteiger partial charge in [0.1, 0.15) is 17.1 Å². The predicted octanol–water partition coefficient (Wildman–Crippen LogP) is 1.86. The summed E-state index contributed by atoms with van der Waals surface area (Å²) < 4.78 is 23.0. The van der Waals surface area contributed by atoms with Crippen molar-refractivity contribution in [3.8, 4) is 5.75 Å². The average molecular weight is 283 g/mol. The number of rotatable bonds is 6. The van der Waals surface area contributed by atoms with Gasteiger partial charge >= 0.3 is 5.97 Å². The lowest BCUT2D eigenvalue weighted by Gasteiger charge is -2.17. The minimum absolute atomic E-state index is 0.0431. The van der Waals surface area contributed by atoms with Crippen LogP contribution in [0.3, 0.4) is 0 Å². The average Bonchev–Trinajstić information content (AvgIpc) is 2.44. The minimum atomic E-state index is -0.714. The topological polar surface area (TPSA) is 55.8 Å². The van der Waals surface area contributed by atoms with Gasteiger partial charge in [-0.1, -0.05) is 6.92 Å². The summed E-state index contributed by atoms with van der Waals surface area (Å²) in [5, 5.41) is 0. The number of esters is 1. The summed E-state index contributed by atoms with van der Waals surface area (Å²) in [6, 6.07) is 3.47. The first-order chi connectivity index (χ1) is 9.49. The second-order valence-corrected chi connectivity index (χ2v) is 4.24. The lowest BCUT2D eigenvalue weighted by molar-refractivity contribution is -0.132. The van der Waals surface area contributed by atoms with Gasteiger partial charge in [0.25, 0.3) is 5.91 Å².